The first-order valence-electron chi connectivity index (χ1n) is 10.3. The van der Waals surface area contributed by atoms with Gasteiger partial charge in [-0.25, -0.2) is 4.39 Å². The number of benzene rings is 3. The van der Waals surface area contributed by atoms with E-state index in [1.807, 2.05) is 31.2 Å². The zero-order chi connectivity index (χ0) is 22.7. The van der Waals surface area contributed by atoms with Crippen LogP contribution in [0.3, 0.4) is 0 Å². The number of carbonyl (C=O) groups is 2. The van der Waals surface area contributed by atoms with Crippen LogP contribution in [-0.2, 0) is 22.6 Å². The molecule has 164 valence electrons. The van der Waals surface area contributed by atoms with Gasteiger partial charge in [-0.2, -0.15) is 0 Å². The van der Waals surface area contributed by atoms with E-state index in [9.17, 15) is 14.0 Å². The maximum atomic E-state index is 14.3. The lowest BCUT2D eigenvalue weighted by Crippen LogP contribution is -2.38. The Hall–Kier alpha value is -3.38. The van der Waals surface area contributed by atoms with Crippen LogP contribution in [0.1, 0.15) is 23.1 Å². The molecule has 5 nitrogen and oxygen atoms in total. The predicted molar refractivity (Wildman–Crippen MR) is 123 cm³/mol. The average Bonchev–Trinajstić information content (AvgIpc) is 2.77. The van der Waals surface area contributed by atoms with Gasteiger partial charge in [-0.1, -0.05) is 47.5 Å². The Kier molecular flexibility index (Phi) is 6.42. The summed E-state index contributed by atoms with van der Waals surface area (Å²) in [7, 11) is 0. The van der Waals surface area contributed by atoms with E-state index in [-0.39, 0.29) is 35.6 Å². The van der Waals surface area contributed by atoms with E-state index in [1.165, 1.54) is 22.6 Å². The minimum Gasteiger partial charge on any atom is -0.482 e. The number of nitrogens with one attached hydrogen (secondary N) is 1. The number of nitrogens with zero attached hydrogens (tertiary/aromatic N) is 1. The first-order chi connectivity index (χ1) is 15.4. The van der Waals surface area contributed by atoms with E-state index in [4.69, 9.17) is 16.3 Å². The van der Waals surface area contributed by atoms with Crippen molar-refractivity contribution in [2.75, 3.05) is 16.8 Å². The molecule has 3 aromatic carbocycles. The number of rotatable bonds is 6. The molecule has 4 rings (SSSR count). The fourth-order valence-corrected chi connectivity index (χ4v) is 3.75. The molecule has 1 aliphatic rings. The molecule has 0 radical (unpaired) electrons. The van der Waals surface area contributed by atoms with E-state index >= 15 is 0 Å². The molecule has 0 unspecified atom stereocenters. The zero-order valence-electron chi connectivity index (χ0n) is 17.5. The summed E-state index contributed by atoms with van der Waals surface area (Å²) in [6, 6.07) is 17.5. The van der Waals surface area contributed by atoms with Gasteiger partial charge in [-0.05, 0) is 49.2 Å². The standard InChI is InChI=1S/C25H22ClFN2O3/c1-16-5-7-17(8-6-16)9-12-24(30)28-18-10-11-23-22(13-18)29(25(31)15-32-23)14-19-20(26)3-2-4-21(19)27/h2-8,10-11,13H,9,12,14-15H2,1H3,(H,28,30). The Morgan fingerprint density at radius 3 is 2.69 bits per heavy atom. The molecule has 3 aromatic rings. The highest BCUT2D eigenvalue weighted by Gasteiger charge is 2.27. The lowest BCUT2D eigenvalue weighted by Gasteiger charge is -2.30. The smallest absolute Gasteiger partial charge is 0.265 e. The number of amides is 2. The number of ether oxygens (including phenoxy) is 1. The Bertz CT molecular complexity index is 1140. The molecule has 0 atom stereocenters. The zero-order valence-corrected chi connectivity index (χ0v) is 18.3. The van der Waals surface area contributed by atoms with E-state index in [0.29, 0.717) is 30.0 Å². The van der Waals surface area contributed by atoms with Crippen molar-refractivity contribution in [2.45, 2.75) is 26.3 Å². The van der Waals surface area contributed by atoms with Crippen molar-refractivity contribution in [3.8, 4) is 5.75 Å². The number of hydrogen-bond donors (Lipinski definition) is 1. The van der Waals surface area contributed by atoms with Crippen LogP contribution in [0.2, 0.25) is 5.02 Å². The van der Waals surface area contributed by atoms with Gasteiger partial charge in [0.1, 0.15) is 11.6 Å². The number of halogens is 2. The average molecular weight is 453 g/mol. The Morgan fingerprint density at radius 1 is 1.16 bits per heavy atom. The van der Waals surface area contributed by atoms with Gasteiger partial charge in [0.2, 0.25) is 5.91 Å². The highest BCUT2D eigenvalue weighted by molar-refractivity contribution is 6.31. The molecule has 0 bridgehead atoms. The molecule has 7 heteroatoms. The number of fused-ring (bicyclic) bond motifs is 1. The van der Waals surface area contributed by atoms with Gasteiger partial charge in [0.05, 0.1) is 12.2 Å². The highest BCUT2D eigenvalue weighted by atomic mass is 35.5. The van der Waals surface area contributed by atoms with Gasteiger partial charge in [-0.15, -0.1) is 0 Å². The third-order valence-electron chi connectivity index (χ3n) is 5.32. The second kappa shape index (κ2) is 9.40. The van der Waals surface area contributed by atoms with Crippen LogP contribution < -0.4 is 15.0 Å². The topological polar surface area (TPSA) is 58.6 Å². The van der Waals surface area contributed by atoms with E-state index in [2.05, 4.69) is 5.32 Å². The molecule has 0 spiro atoms. The molecule has 32 heavy (non-hydrogen) atoms. The maximum absolute atomic E-state index is 14.3. The minimum atomic E-state index is -0.487. The van der Waals surface area contributed by atoms with Crippen molar-refractivity contribution < 1.29 is 18.7 Å². The van der Waals surface area contributed by atoms with Crippen molar-refractivity contribution in [3.05, 3.63) is 88.2 Å². The van der Waals surface area contributed by atoms with Crippen molar-refractivity contribution in [1.82, 2.24) is 0 Å². The number of anilines is 2. The van der Waals surface area contributed by atoms with Gasteiger partial charge in [0.25, 0.3) is 5.91 Å². The first-order valence-corrected chi connectivity index (χ1v) is 10.6. The predicted octanol–water partition coefficient (Wildman–Crippen LogP) is 5.28. The summed E-state index contributed by atoms with van der Waals surface area (Å²) in [6.07, 6.45) is 0.945. The Balaban J connectivity index is 1.50. The fourth-order valence-electron chi connectivity index (χ4n) is 3.53. The molecule has 0 aromatic heterocycles. The molecular weight excluding hydrogens is 431 g/mol. The summed E-state index contributed by atoms with van der Waals surface area (Å²) in [5.41, 5.74) is 3.47. The lowest BCUT2D eigenvalue weighted by atomic mass is 10.1. The monoisotopic (exact) mass is 452 g/mol. The molecule has 0 saturated heterocycles. The first kappa shape index (κ1) is 21.8. The molecule has 2 amide bonds. The number of aryl methyl sites for hydroxylation is 2. The minimum absolute atomic E-state index is 0.0362. The van der Waals surface area contributed by atoms with Crippen molar-refractivity contribution in [3.63, 3.8) is 0 Å². The molecule has 0 saturated carbocycles. The summed E-state index contributed by atoms with van der Waals surface area (Å²) in [5.74, 6) is -0.467. The largest absolute Gasteiger partial charge is 0.482 e. The van der Waals surface area contributed by atoms with Gasteiger partial charge in [0.15, 0.2) is 6.61 Å². The Morgan fingerprint density at radius 2 is 1.94 bits per heavy atom. The van der Waals surface area contributed by atoms with Gasteiger partial charge in [-0.3, -0.25) is 9.59 Å². The quantitative estimate of drug-likeness (QED) is 0.553. The summed E-state index contributed by atoms with van der Waals surface area (Å²) in [6.45, 7) is 1.83. The second-order valence-electron chi connectivity index (χ2n) is 7.69. The Labute approximate surface area is 190 Å². The fraction of sp³-hybridized carbons (Fsp3) is 0.200. The van der Waals surface area contributed by atoms with Crippen LogP contribution in [0.15, 0.2) is 60.7 Å². The van der Waals surface area contributed by atoms with Gasteiger partial charge >= 0.3 is 0 Å². The molecule has 1 aliphatic heterocycles. The van der Waals surface area contributed by atoms with Crippen molar-refractivity contribution in [2.24, 2.45) is 0 Å². The van der Waals surface area contributed by atoms with Crippen molar-refractivity contribution in [1.29, 1.82) is 0 Å². The SMILES string of the molecule is Cc1ccc(CCC(=O)Nc2ccc3c(c2)N(Cc2c(F)cccc2Cl)C(=O)CO3)cc1. The van der Waals surface area contributed by atoms with E-state index in [1.54, 1.807) is 24.3 Å². The molecular formula is C25H22ClFN2O3. The molecule has 0 fully saturated rings. The molecule has 0 aliphatic carbocycles. The summed E-state index contributed by atoms with van der Waals surface area (Å²) in [5, 5.41) is 3.11. The van der Waals surface area contributed by atoms with Crippen LogP contribution in [-0.4, -0.2) is 18.4 Å². The molecule has 1 heterocycles. The third-order valence-corrected chi connectivity index (χ3v) is 5.68. The molecule has 1 N–H and O–H groups in total. The van der Waals surface area contributed by atoms with Gasteiger partial charge < -0.3 is 15.0 Å². The number of hydrogen-bond acceptors (Lipinski definition) is 3. The van der Waals surface area contributed by atoms with Crippen molar-refractivity contribution >= 4 is 34.8 Å². The van der Waals surface area contributed by atoms with E-state index in [0.717, 1.165) is 5.56 Å². The van der Waals surface area contributed by atoms with Gasteiger partial charge in [0, 0.05) is 22.7 Å². The normalized spacial score (nSPS) is 12.8. The van der Waals surface area contributed by atoms with Crippen LogP contribution in [0.4, 0.5) is 15.8 Å². The number of carbonyl (C=O) groups excluding carboxylic acids is 2. The van der Waals surface area contributed by atoms with Crippen LogP contribution in [0, 0.1) is 12.7 Å². The maximum Gasteiger partial charge on any atom is 0.265 e. The van der Waals surface area contributed by atoms with Crippen LogP contribution >= 0.6 is 11.6 Å². The highest BCUT2D eigenvalue weighted by Crippen LogP contribution is 2.36. The van der Waals surface area contributed by atoms with Crippen LogP contribution in [0.5, 0.6) is 5.75 Å². The summed E-state index contributed by atoms with van der Waals surface area (Å²) >= 11 is 6.15. The second-order valence-corrected chi connectivity index (χ2v) is 8.09. The lowest BCUT2D eigenvalue weighted by molar-refractivity contribution is -0.121. The van der Waals surface area contributed by atoms with E-state index < -0.39 is 5.82 Å². The third kappa shape index (κ3) is 4.92. The summed E-state index contributed by atoms with van der Waals surface area (Å²) in [4.78, 5) is 26.4. The van der Waals surface area contributed by atoms with Crippen LogP contribution in [0.25, 0.3) is 0 Å². The summed E-state index contributed by atoms with van der Waals surface area (Å²) < 4.78 is 19.8.